The van der Waals surface area contributed by atoms with Crippen LogP contribution in [0.4, 0.5) is 0 Å². The molecule has 4 nitrogen and oxygen atoms in total. The monoisotopic (exact) mass is 348 g/mol. The van der Waals surface area contributed by atoms with Crippen LogP contribution < -0.4 is 5.56 Å². The van der Waals surface area contributed by atoms with Crippen molar-refractivity contribution < 1.29 is 5.11 Å². The van der Waals surface area contributed by atoms with E-state index in [0.29, 0.717) is 19.0 Å². The minimum absolute atomic E-state index is 0.0241. The Kier molecular flexibility index (Phi) is 4.87. The highest BCUT2D eigenvalue weighted by Crippen LogP contribution is 2.36. The summed E-state index contributed by atoms with van der Waals surface area (Å²) in [5, 5.41) is 10.4. The van der Waals surface area contributed by atoms with Gasteiger partial charge < -0.3 is 10.1 Å². The Hall–Kier alpha value is -2.43. The Morgan fingerprint density at radius 2 is 1.92 bits per heavy atom. The molecule has 3 aromatic rings. The topological polar surface area (TPSA) is 56.3 Å². The van der Waals surface area contributed by atoms with Crippen LogP contribution in [-0.4, -0.2) is 28.1 Å². The van der Waals surface area contributed by atoms with Crippen molar-refractivity contribution in [1.29, 1.82) is 0 Å². The standard InChI is InChI=1S/C22H24N2O2/c25-13-5-12-24(21-11-10-16-6-1-3-8-19(16)21)15-18-14-17-7-2-4-9-20(17)23-22(18)26/h1-4,6-9,14,21,25H,5,10-13,15H2,(H,23,26). The van der Waals surface area contributed by atoms with Gasteiger partial charge in [-0.1, -0.05) is 42.5 Å². The second-order valence-electron chi connectivity index (χ2n) is 7.01. The van der Waals surface area contributed by atoms with E-state index in [2.05, 4.69) is 34.1 Å². The van der Waals surface area contributed by atoms with Gasteiger partial charge in [-0.25, -0.2) is 0 Å². The number of H-pyrrole nitrogens is 1. The van der Waals surface area contributed by atoms with E-state index >= 15 is 0 Å². The summed E-state index contributed by atoms with van der Waals surface area (Å²) < 4.78 is 0. The molecule has 1 aromatic heterocycles. The van der Waals surface area contributed by atoms with Crippen molar-refractivity contribution in [3.63, 3.8) is 0 Å². The van der Waals surface area contributed by atoms with Crippen LogP contribution in [0.2, 0.25) is 0 Å². The molecule has 0 bridgehead atoms. The van der Waals surface area contributed by atoms with Gasteiger partial charge in [-0.2, -0.15) is 0 Å². The second-order valence-corrected chi connectivity index (χ2v) is 7.01. The van der Waals surface area contributed by atoms with E-state index in [9.17, 15) is 9.90 Å². The summed E-state index contributed by atoms with van der Waals surface area (Å²) in [6.45, 7) is 1.54. The van der Waals surface area contributed by atoms with Crippen molar-refractivity contribution in [2.45, 2.75) is 31.8 Å². The third-order valence-electron chi connectivity index (χ3n) is 5.35. The van der Waals surface area contributed by atoms with Gasteiger partial charge in [0.1, 0.15) is 0 Å². The van der Waals surface area contributed by atoms with Crippen molar-refractivity contribution in [1.82, 2.24) is 9.88 Å². The molecule has 0 saturated heterocycles. The van der Waals surface area contributed by atoms with Crippen LogP contribution in [0.3, 0.4) is 0 Å². The minimum atomic E-state index is -0.0241. The smallest absolute Gasteiger partial charge is 0.252 e. The van der Waals surface area contributed by atoms with Crippen LogP contribution in [0.25, 0.3) is 10.9 Å². The Morgan fingerprint density at radius 1 is 1.12 bits per heavy atom. The fourth-order valence-corrected chi connectivity index (χ4v) is 4.06. The maximum absolute atomic E-state index is 12.6. The van der Waals surface area contributed by atoms with Crippen LogP contribution in [0.5, 0.6) is 0 Å². The summed E-state index contributed by atoms with van der Waals surface area (Å²) in [5.74, 6) is 0. The normalized spacial score (nSPS) is 16.3. The number of para-hydroxylation sites is 1. The number of nitrogens with one attached hydrogen (secondary N) is 1. The number of hydrogen-bond acceptors (Lipinski definition) is 3. The molecule has 0 amide bonds. The molecule has 1 heterocycles. The molecule has 2 N–H and O–H groups in total. The van der Waals surface area contributed by atoms with E-state index in [1.165, 1.54) is 11.1 Å². The van der Waals surface area contributed by atoms with E-state index in [0.717, 1.165) is 35.9 Å². The van der Waals surface area contributed by atoms with Crippen molar-refractivity contribution >= 4 is 10.9 Å². The summed E-state index contributed by atoms with van der Waals surface area (Å²) in [6, 6.07) is 18.8. The molecule has 134 valence electrons. The minimum Gasteiger partial charge on any atom is -0.396 e. The van der Waals surface area contributed by atoms with E-state index < -0.39 is 0 Å². The molecule has 4 heteroatoms. The molecule has 1 atom stereocenters. The van der Waals surface area contributed by atoms with Gasteiger partial charge in [0, 0.05) is 36.8 Å². The molecule has 0 radical (unpaired) electrons. The molecule has 2 aromatic carbocycles. The van der Waals surface area contributed by atoms with Crippen LogP contribution in [0.1, 0.15) is 35.6 Å². The number of pyridine rings is 1. The first-order valence-electron chi connectivity index (χ1n) is 9.30. The zero-order chi connectivity index (χ0) is 17.9. The Balaban J connectivity index is 1.66. The molecule has 0 aliphatic heterocycles. The average molecular weight is 348 g/mol. The number of rotatable bonds is 6. The van der Waals surface area contributed by atoms with Gasteiger partial charge in [-0.15, -0.1) is 0 Å². The number of aliphatic hydroxyl groups excluding tert-OH is 1. The van der Waals surface area contributed by atoms with Gasteiger partial charge in [0.2, 0.25) is 0 Å². The second kappa shape index (κ2) is 7.44. The van der Waals surface area contributed by atoms with E-state index in [1.54, 1.807) is 0 Å². The number of aromatic amines is 1. The van der Waals surface area contributed by atoms with Crippen molar-refractivity contribution in [3.8, 4) is 0 Å². The lowest BCUT2D eigenvalue weighted by atomic mass is 10.1. The third-order valence-corrected chi connectivity index (χ3v) is 5.35. The Morgan fingerprint density at radius 3 is 2.81 bits per heavy atom. The first kappa shape index (κ1) is 17.0. The molecule has 1 aliphatic rings. The third kappa shape index (κ3) is 3.30. The number of nitrogens with zero attached hydrogens (tertiary/aromatic N) is 1. The molecule has 1 aliphatic carbocycles. The molecular formula is C22H24N2O2. The maximum atomic E-state index is 12.6. The fourth-order valence-electron chi connectivity index (χ4n) is 4.06. The summed E-state index contributed by atoms with van der Waals surface area (Å²) in [5.41, 5.74) is 4.39. The van der Waals surface area contributed by atoms with Gasteiger partial charge in [-0.3, -0.25) is 9.69 Å². The van der Waals surface area contributed by atoms with E-state index in [1.807, 2.05) is 30.3 Å². The first-order valence-corrected chi connectivity index (χ1v) is 9.30. The Bertz CT molecular complexity index is 964. The summed E-state index contributed by atoms with van der Waals surface area (Å²) in [7, 11) is 0. The van der Waals surface area contributed by atoms with E-state index in [-0.39, 0.29) is 12.2 Å². The summed E-state index contributed by atoms with van der Waals surface area (Å²) in [6.07, 6.45) is 2.85. The number of aromatic nitrogens is 1. The maximum Gasteiger partial charge on any atom is 0.252 e. The number of aliphatic hydroxyl groups is 1. The van der Waals surface area contributed by atoms with Crippen molar-refractivity contribution in [2.24, 2.45) is 0 Å². The van der Waals surface area contributed by atoms with Crippen LogP contribution in [0.15, 0.2) is 59.4 Å². The predicted octanol–water partition coefficient (Wildman–Crippen LogP) is 3.40. The summed E-state index contributed by atoms with van der Waals surface area (Å²) in [4.78, 5) is 17.9. The highest BCUT2D eigenvalue weighted by Gasteiger charge is 2.27. The highest BCUT2D eigenvalue weighted by atomic mass is 16.3. The largest absolute Gasteiger partial charge is 0.396 e. The average Bonchev–Trinajstić information content (AvgIpc) is 3.09. The van der Waals surface area contributed by atoms with Gasteiger partial charge in [-0.05, 0) is 47.9 Å². The van der Waals surface area contributed by atoms with Crippen LogP contribution >= 0.6 is 0 Å². The fraction of sp³-hybridized carbons (Fsp3) is 0.318. The lowest BCUT2D eigenvalue weighted by Crippen LogP contribution is -2.31. The number of fused-ring (bicyclic) bond motifs is 2. The zero-order valence-corrected chi connectivity index (χ0v) is 14.8. The molecule has 0 fully saturated rings. The molecule has 1 unspecified atom stereocenters. The van der Waals surface area contributed by atoms with Crippen LogP contribution in [-0.2, 0) is 13.0 Å². The molecule has 26 heavy (non-hydrogen) atoms. The molecule has 4 rings (SSSR count). The van der Waals surface area contributed by atoms with E-state index in [4.69, 9.17) is 0 Å². The lowest BCUT2D eigenvalue weighted by Gasteiger charge is -2.29. The van der Waals surface area contributed by atoms with Gasteiger partial charge in [0.15, 0.2) is 0 Å². The molecule has 0 spiro atoms. The van der Waals surface area contributed by atoms with Gasteiger partial charge >= 0.3 is 0 Å². The first-order chi connectivity index (χ1) is 12.8. The SMILES string of the molecule is O=c1[nH]c2ccccc2cc1CN(CCCO)C1CCc2ccccc21. The molecular weight excluding hydrogens is 324 g/mol. The highest BCUT2D eigenvalue weighted by molar-refractivity contribution is 5.78. The summed E-state index contributed by atoms with van der Waals surface area (Å²) >= 11 is 0. The quantitative estimate of drug-likeness (QED) is 0.718. The number of benzene rings is 2. The number of aryl methyl sites for hydroxylation is 1. The van der Waals surface area contributed by atoms with Crippen LogP contribution in [0, 0.1) is 0 Å². The lowest BCUT2D eigenvalue weighted by molar-refractivity contribution is 0.165. The Labute approximate surface area is 153 Å². The molecule has 0 saturated carbocycles. The zero-order valence-electron chi connectivity index (χ0n) is 14.8. The van der Waals surface area contributed by atoms with Crippen molar-refractivity contribution in [2.75, 3.05) is 13.2 Å². The number of hydrogen-bond donors (Lipinski definition) is 2. The van der Waals surface area contributed by atoms with Crippen molar-refractivity contribution in [3.05, 3.63) is 81.6 Å². The van der Waals surface area contributed by atoms with Gasteiger partial charge in [0.25, 0.3) is 5.56 Å². The van der Waals surface area contributed by atoms with Gasteiger partial charge in [0.05, 0.1) is 0 Å². The predicted molar refractivity (Wildman–Crippen MR) is 104 cm³/mol.